The first-order valence-electron chi connectivity index (χ1n) is 3.27. The van der Waals surface area contributed by atoms with Gasteiger partial charge in [0.1, 0.15) is 5.82 Å². The molecule has 0 aliphatic rings. The lowest BCUT2D eigenvalue weighted by Gasteiger charge is -2.04. The third kappa shape index (κ3) is 1.70. The monoisotopic (exact) mass is 181 g/mol. The van der Waals surface area contributed by atoms with E-state index in [0.717, 1.165) is 0 Å². The molecule has 0 aliphatic carbocycles. The standard InChI is InChI=1S/C6H7N5O2/c7-4-3(1-12)5(9-2-13)11-6(8)10-4/h1-2H,(H5,7,8,9,10,11,13). The number of anilines is 3. The molecule has 1 aromatic rings. The number of amides is 1. The Hall–Kier alpha value is -2.18. The summed E-state index contributed by atoms with van der Waals surface area (Å²) in [5.74, 6) is -0.158. The average molecular weight is 181 g/mol. The maximum absolute atomic E-state index is 10.5. The summed E-state index contributed by atoms with van der Waals surface area (Å²) < 4.78 is 0. The van der Waals surface area contributed by atoms with E-state index in [4.69, 9.17) is 11.5 Å². The van der Waals surface area contributed by atoms with Crippen LogP contribution in [-0.4, -0.2) is 22.7 Å². The molecule has 0 bridgehead atoms. The molecule has 0 radical (unpaired) electrons. The summed E-state index contributed by atoms with van der Waals surface area (Å²) in [5.41, 5.74) is 10.6. The van der Waals surface area contributed by atoms with Gasteiger partial charge in [0.15, 0.2) is 12.1 Å². The number of aromatic nitrogens is 2. The average Bonchev–Trinajstić information content (AvgIpc) is 2.04. The fourth-order valence-corrected chi connectivity index (χ4v) is 0.787. The Morgan fingerprint density at radius 2 is 1.92 bits per heavy atom. The Bertz CT molecular complexity index is 351. The zero-order chi connectivity index (χ0) is 9.84. The zero-order valence-electron chi connectivity index (χ0n) is 6.52. The molecule has 5 N–H and O–H groups in total. The van der Waals surface area contributed by atoms with Crippen LogP contribution in [0.5, 0.6) is 0 Å². The highest BCUT2D eigenvalue weighted by atomic mass is 16.1. The van der Waals surface area contributed by atoms with Crippen molar-refractivity contribution in [1.29, 1.82) is 0 Å². The molecule has 0 aromatic carbocycles. The van der Waals surface area contributed by atoms with Crippen LogP contribution in [0.3, 0.4) is 0 Å². The van der Waals surface area contributed by atoms with E-state index in [1.165, 1.54) is 0 Å². The zero-order valence-corrected chi connectivity index (χ0v) is 6.52. The van der Waals surface area contributed by atoms with Crippen LogP contribution in [0, 0.1) is 0 Å². The van der Waals surface area contributed by atoms with E-state index < -0.39 is 0 Å². The van der Waals surface area contributed by atoms with E-state index >= 15 is 0 Å². The summed E-state index contributed by atoms with van der Waals surface area (Å²) in [5, 5.41) is 2.19. The van der Waals surface area contributed by atoms with Crippen molar-refractivity contribution in [1.82, 2.24) is 9.97 Å². The highest BCUT2D eigenvalue weighted by Gasteiger charge is 2.09. The third-order valence-corrected chi connectivity index (χ3v) is 1.31. The van der Waals surface area contributed by atoms with Gasteiger partial charge >= 0.3 is 0 Å². The van der Waals surface area contributed by atoms with Crippen molar-refractivity contribution in [2.75, 3.05) is 16.8 Å². The van der Waals surface area contributed by atoms with Gasteiger partial charge in [0.25, 0.3) is 0 Å². The number of nitrogen functional groups attached to an aromatic ring is 2. The van der Waals surface area contributed by atoms with Gasteiger partial charge < -0.3 is 16.8 Å². The van der Waals surface area contributed by atoms with Crippen molar-refractivity contribution in [3.8, 4) is 0 Å². The maximum Gasteiger partial charge on any atom is 0.223 e. The molecule has 68 valence electrons. The summed E-state index contributed by atoms with van der Waals surface area (Å²) in [4.78, 5) is 27.7. The predicted octanol–water partition coefficient (Wildman–Crippen LogP) is -0.978. The van der Waals surface area contributed by atoms with Crippen molar-refractivity contribution in [2.24, 2.45) is 0 Å². The molecule has 0 atom stereocenters. The van der Waals surface area contributed by atoms with Crippen LogP contribution in [0.15, 0.2) is 0 Å². The molecule has 0 aliphatic heterocycles. The largest absolute Gasteiger partial charge is 0.383 e. The van der Waals surface area contributed by atoms with Gasteiger partial charge in [-0.2, -0.15) is 9.97 Å². The minimum atomic E-state index is -0.104. The highest BCUT2D eigenvalue weighted by molar-refractivity contribution is 5.92. The van der Waals surface area contributed by atoms with Crippen molar-refractivity contribution in [3.63, 3.8) is 0 Å². The Labute approximate surface area is 73.2 Å². The molecule has 0 spiro atoms. The van der Waals surface area contributed by atoms with Gasteiger partial charge in [-0.25, -0.2) is 0 Å². The molecule has 0 saturated heterocycles. The van der Waals surface area contributed by atoms with Crippen LogP contribution in [0.4, 0.5) is 17.6 Å². The fourth-order valence-electron chi connectivity index (χ4n) is 0.787. The number of aldehydes is 1. The quantitative estimate of drug-likeness (QED) is 0.515. The number of carbonyl (C=O) groups excluding carboxylic acids is 2. The van der Waals surface area contributed by atoms with Crippen LogP contribution >= 0.6 is 0 Å². The van der Waals surface area contributed by atoms with Gasteiger partial charge in [0, 0.05) is 0 Å². The minimum absolute atomic E-state index is 0.00926. The lowest BCUT2D eigenvalue weighted by Crippen LogP contribution is -2.09. The van der Waals surface area contributed by atoms with Crippen LogP contribution in [0.25, 0.3) is 0 Å². The lowest BCUT2D eigenvalue weighted by atomic mass is 10.3. The van der Waals surface area contributed by atoms with Gasteiger partial charge in [-0.15, -0.1) is 0 Å². The number of carbonyl (C=O) groups is 2. The summed E-state index contributed by atoms with van der Waals surface area (Å²) in [6, 6.07) is 0. The smallest absolute Gasteiger partial charge is 0.223 e. The van der Waals surface area contributed by atoms with E-state index in [9.17, 15) is 9.59 Å². The van der Waals surface area contributed by atoms with Crippen LogP contribution in [0.2, 0.25) is 0 Å². The van der Waals surface area contributed by atoms with E-state index in [1.54, 1.807) is 0 Å². The lowest BCUT2D eigenvalue weighted by molar-refractivity contribution is -0.105. The molecule has 0 unspecified atom stereocenters. The first-order valence-corrected chi connectivity index (χ1v) is 3.27. The number of rotatable bonds is 3. The third-order valence-electron chi connectivity index (χ3n) is 1.31. The Kier molecular flexibility index (Phi) is 2.38. The van der Waals surface area contributed by atoms with Gasteiger partial charge in [-0.3, -0.25) is 9.59 Å². The molecule has 0 fully saturated rings. The topological polar surface area (TPSA) is 124 Å². The van der Waals surface area contributed by atoms with Gasteiger partial charge in [-0.05, 0) is 0 Å². The van der Waals surface area contributed by atoms with E-state index in [1.807, 2.05) is 0 Å². The van der Waals surface area contributed by atoms with Gasteiger partial charge in [0.2, 0.25) is 12.4 Å². The molecule has 1 aromatic heterocycles. The molecule has 1 heterocycles. The van der Waals surface area contributed by atoms with Crippen LogP contribution in [-0.2, 0) is 4.79 Å². The Balaban J connectivity index is 3.28. The number of nitrogens with zero attached hydrogens (tertiary/aromatic N) is 2. The van der Waals surface area contributed by atoms with Crippen LogP contribution in [0.1, 0.15) is 10.4 Å². The number of nitrogens with one attached hydrogen (secondary N) is 1. The van der Waals surface area contributed by atoms with E-state index in [2.05, 4.69) is 15.3 Å². The number of hydrogen-bond acceptors (Lipinski definition) is 6. The second-order valence-corrected chi connectivity index (χ2v) is 2.11. The maximum atomic E-state index is 10.5. The van der Waals surface area contributed by atoms with Crippen molar-refractivity contribution >= 4 is 30.3 Å². The van der Waals surface area contributed by atoms with E-state index in [0.29, 0.717) is 12.7 Å². The molecule has 13 heavy (non-hydrogen) atoms. The van der Waals surface area contributed by atoms with Crippen molar-refractivity contribution in [3.05, 3.63) is 5.56 Å². The second kappa shape index (κ2) is 3.48. The normalized spacial score (nSPS) is 9.23. The van der Waals surface area contributed by atoms with Gasteiger partial charge in [-0.1, -0.05) is 0 Å². The Morgan fingerprint density at radius 3 is 2.46 bits per heavy atom. The molecular weight excluding hydrogens is 174 g/mol. The summed E-state index contributed by atoms with van der Waals surface area (Å²) >= 11 is 0. The van der Waals surface area contributed by atoms with Crippen LogP contribution < -0.4 is 16.8 Å². The molecule has 7 nitrogen and oxygen atoms in total. The summed E-state index contributed by atoms with van der Waals surface area (Å²) in [6.45, 7) is 0. The molecule has 1 rings (SSSR count). The SMILES string of the molecule is Nc1nc(N)c(C=O)c(NC=O)n1. The number of hydrogen-bond donors (Lipinski definition) is 3. The highest BCUT2D eigenvalue weighted by Crippen LogP contribution is 2.16. The first kappa shape index (κ1) is 8.91. The summed E-state index contributed by atoms with van der Waals surface area (Å²) in [7, 11) is 0. The Morgan fingerprint density at radius 1 is 1.23 bits per heavy atom. The molecular formula is C6H7N5O2. The van der Waals surface area contributed by atoms with Crippen molar-refractivity contribution < 1.29 is 9.59 Å². The molecule has 0 saturated carbocycles. The number of nitrogens with two attached hydrogens (primary N) is 2. The predicted molar refractivity (Wildman–Crippen MR) is 45.9 cm³/mol. The first-order chi connectivity index (χ1) is 6.19. The minimum Gasteiger partial charge on any atom is -0.383 e. The van der Waals surface area contributed by atoms with Gasteiger partial charge in [0.05, 0.1) is 5.56 Å². The van der Waals surface area contributed by atoms with Crippen molar-refractivity contribution in [2.45, 2.75) is 0 Å². The molecule has 1 amide bonds. The fraction of sp³-hybridized carbons (Fsp3) is 0. The van der Waals surface area contributed by atoms with E-state index in [-0.39, 0.29) is 23.1 Å². The second-order valence-electron chi connectivity index (χ2n) is 2.11. The summed E-state index contributed by atoms with van der Waals surface area (Å²) in [6.07, 6.45) is 0.814. The molecule has 7 heteroatoms.